The molecule has 0 aromatic heterocycles. The third-order valence-electron chi connectivity index (χ3n) is 2.11. The molecule has 0 unspecified atom stereocenters. The van der Waals surface area contributed by atoms with E-state index in [2.05, 4.69) is 0 Å². The van der Waals surface area contributed by atoms with Crippen molar-refractivity contribution in [2.45, 2.75) is 27.7 Å². The number of hydrogen-bond donors (Lipinski definition) is 0. The van der Waals surface area contributed by atoms with E-state index in [4.69, 9.17) is 0 Å². The average molecular weight is 236 g/mol. The van der Waals surface area contributed by atoms with Gasteiger partial charge < -0.3 is 0 Å². The van der Waals surface area contributed by atoms with Gasteiger partial charge in [0.1, 0.15) is 0 Å². The molecule has 0 aliphatic heterocycles. The fourth-order valence-electron chi connectivity index (χ4n) is 1.49. The minimum atomic E-state index is -2.06. The molecule has 0 aromatic rings. The number of rotatable bonds is 4. The van der Waals surface area contributed by atoms with Crippen molar-refractivity contribution in [1.29, 1.82) is 0 Å². The molecule has 0 amide bonds. The predicted octanol–water partition coefficient (Wildman–Crippen LogP) is 0.326. The van der Waals surface area contributed by atoms with Gasteiger partial charge in [0.25, 0.3) is 0 Å². The number of Topliss-reactive ketones (excluding diaryl/α,β-unsaturated/α-hetero) is 4. The minimum absolute atomic E-state index is 0. The van der Waals surface area contributed by atoms with Crippen LogP contribution in [0.4, 0.5) is 0 Å². The molecule has 0 atom stereocenters. The Morgan fingerprint density at radius 2 is 0.786 bits per heavy atom. The van der Waals surface area contributed by atoms with Crippen molar-refractivity contribution in [2.24, 2.45) is 5.41 Å². The van der Waals surface area contributed by atoms with Gasteiger partial charge in [0.05, 0.1) is 0 Å². The van der Waals surface area contributed by atoms with Crippen LogP contribution >= 0.6 is 0 Å². The molecule has 0 aliphatic rings. The molecule has 0 saturated heterocycles. The third kappa shape index (κ3) is 2.17. The Labute approximate surface area is 93.2 Å². The molecular weight excluding hydrogens is 224 g/mol. The van der Waals surface area contributed by atoms with Crippen LogP contribution in [0.2, 0.25) is 0 Å². The van der Waals surface area contributed by atoms with Crippen LogP contribution in [0.1, 0.15) is 27.7 Å². The molecule has 14 heavy (non-hydrogen) atoms. The Hall–Kier alpha value is -0.788. The maximum atomic E-state index is 11.1. The van der Waals surface area contributed by atoms with Crippen molar-refractivity contribution in [3.05, 3.63) is 0 Å². The van der Waals surface area contributed by atoms with Crippen LogP contribution in [0.3, 0.4) is 0 Å². The largest absolute Gasteiger partial charge is 2.00 e. The van der Waals surface area contributed by atoms with Crippen molar-refractivity contribution in [2.75, 3.05) is 0 Å². The molecule has 5 heteroatoms. The Morgan fingerprint density at radius 3 is 0.786 bits per heavy atom. The van der Waals surface area contributed by atoms with Crippen LogP contribution in [-0.4, -0.2) is 23.1 Å². The quantitative estimate of drug-likeness (QED) is 0.659. The number of carbonyl (C=O) groups is 4. The Kier molecular flexibility index (Phi) is 5.80. The first kappa shape index (κ1) is 15.7. The van der Waals surface area contributed by atoms with Crippen molar-refractivity contribution >= 4 is 23.1 Å². The molecule has 0 fully saturated rings. The first-order valence-corrected chi connectivity index (χ1v) is 3.82. The number of hydrogen-bond acceptors (Lipinski definition) is 4. The van der Waals surface area contributed by atoms with Crippen LogP contribution in [0.25, 0.3) is 0 Å². The molecule has 0 N–H and O–H groups in total. The summed E-state index contributed by atoms with van der Waals surface area (Å²) in [6.45, 7) is 4.29. The summed E-state index contributed by atoms with van der Waals surface area (Å²) in [6.07, 6.45) is 0. The second-order valence-electron chi connectivity index (χ2n) is 2.97. The molecule has 4 nitrogen and oxygen atoms in total. The predicted molar refractivity (Wildman–Crippen MR) is 45.2 cm³/mol. The van der Waals surface area contributed by atoms with Crippen LogP contribution in [0.5, 0.6) is 0 Å². The molecule has 0 aliphatic carbocycles. The van der Waals surface area contributed by atoms with Crippen molar-refractivity contribution in [3.8, 4) is 0 Å². The van der Waals surface area contributed by atoms with E-state index >= 15 is 0 Å². The molecule has 0 heterocycles. The fourth-order valence-corrected chi connectivity index (χ4v) is 1.49. The summed E-state index contributed by atoms with van der Waals surface area (Å²) >= 11 is 0. The third-order valence-corrected chi connectivity index (χ3v) is 2.11. The standard InChI is InChI=1S/C9H12O4.Cr/c1-5(10)9(6(2)11,7(3)12)8(4)13;/h1-4H3;/q;+2. The number of carbonyl (C=O) groups excluding carboxylic acids is 4. The van der Waals surface area contributed by atoms with Gasteiger partial charge in [-0.1, -0.05) is 0 Å². The van der Waals surface area contributed by atoms with Gasteiger partial charge in [0.15, 0.2) is 23.1 Å². The van der Waals surface area contributed by atoms with Crippen LogP contribution < -0.4 is 0 Å². The van der Waals surface area contributed by atoms with Crippen LogP contribution in [0.15, 0.2) is 0 Å². The van der Waals surface area contributed by atoms with E-state index in [1.54, 1.807) is 0 Å². The minimum Gasteiger partial charge on any atom is -0.298 e. The summed E-state index contributed by atoms with van der Waals surface area (Å²) in [5.74, 6) is -2.83. The van der Waals surface area contributed by atoms with Gasteiger partial charge >= 0.3 is 17.4 Å². The summed E-state index contributed by atoms with van der Waals surface area (Å²) in [5, 5.41) is 0. The van der Waals surface area contributed by atoms with E-state index < -0.39 is 28.5 Å². The SMILES string of the molecule is CC(=O)C(C(C)=O)(C(C)=O)C(C)=O.[Cr+2]. The number of ketones is 4. The van der Waals surface area contributed by atoms with E-state index in [9.17, 15) is 19.2 Å². The smallest absolute Gasteiger partial charge is 0.298 e. The van der Waals surface area contributed by atoms with Crippen LogP contribution in [0, 0.1) is 5.41 Å². The molecule has 0 spiro atoms. The van der Waals surface area contributed by atoms with Crippen molar-refractivity contribution < 1.29 is 36.5 Å². The van der Waals surface area contributed by atoms with E-state index in [1.165, 1.54) is 0 Å². The zero-order valence-corrected chi connectivity index (χ0v) is 9.82. The second-order valence-corrected chi connectivity index (χ2v) is 2.97. The van der Waals surface area contributed by atoms with Crippen LogP contribution in [-0.2, 0) is 36.5 Å². The molecule has 0 aromatic carbocycles. The van der Waals surface area contributed by atoms with Gasteiger partial charge in [-0.15, -0.1) is 0 Å². The van der Waals surface area contributed by atoms with Gasteiger partial charge in [-0.3, -0.25) is 19.2 Å². The van der Waals surface area contributed by atoms with Crippen molar-refractivity contribution in [1.82, 2.24) is 0 Å². The molecule has 0 saturated carbocycles. The van der Waals surface area contributed by atoms with E-state index in [0.29, 0.717) is 0 Å². The average Bonchev–Trinajstić information content (AvgIpc) is 1.82. The Morgan fingerprint density at radius 1 is 0.643 bits per heavy atom. The van der Waals surface area contributed by atoms with Gasteiger partial charge in [-0.25, -0.2) is 0 Å². The molecule has 0 bridgehead atoms. The van der Waals surface area contributed by atoms with Gasteiger partial charge in [0, 0.05) is 0 Å². The summed E-state index contributed by atoms with van der Waals surface area (Å²) in [5.41, 5.74) is -2.06. The van der Waals surface area contributed by atoms with Gasteiger partial charge in [-0.05, 0) is 27.7 Å². The molecule has 0 radical (unpaired) electrons. The van der Waals surface area contributed by atoms with E-state index in [0.717, 1.165) is 27.7 Å². The Bertz CT molecular complexity index is 232. The zero-order valence-electron chi connectivity index (χ0n) is 8.54. The monoisotopic (exact) mass is 236 g/mol. The summed E-state index contributed by atoms with van der Waals surface area (Å²) < 4.78 is 0. The Balaban J connectivity index is 0. The maximum Gasteiger partial charge on any atom is 2.00 e. The van der Waals surface area contributed by atoms with Crippen molar-refractivity contribution in [3.63, 3.8) is 0 Å². The van der Waals surface area contributed by atoms with E-state index in [1.807, 2.05) is 0 Å². The molecule has 0 rings (SSSR count). The fraction of sp³-hybridized carbons (Fsp3) is 0.556. The normalized spacial score (nSPS) is 10.0. The summed E-state index contributed by atoms with van der Waals surface area (Å²) in [7, 11) is 0. The zero-order chi connectivity index (χ0) is 10.8. The molecular formula is C9H12CrO4+2. The first-order chi connectivity index (χ1) is 5.77. The van der Waals surface area contributed by atoms with E-state index in [-0.39, 0.29) is 17.4 Å². The summed E-state index contributed by atoms with van der Waals surface area (Å²) in [4.78, 5) is 44.5. The maximum absolute atomic E-state index is 11.1. The first-order valence-electron chi connectivity index (χ1n) is 3.82. The topological polar surface area (TPSA) is 68.3 Å². The van der Waals surface area contributed by atoms with Gasteiger partial charge in [-0.2, -0.15) is 0 Å². The second kappa shape index (κ2) is 5.18. The summed E-state index contributed by atoms with van der Waals surface area (Å²) in [6, 6.07) is 0. The van der Waals surface area contributed by atoms with Gasteiger partial charge in [0.2, 0.25) is 5.41 Å². The molecule has 76 valence electrons.